The van der Waals surface area contributed by atoms with E-state index in [1.807, 2.05) is 6.07 Å². The Balaban J connectivity index is 2.13. The molecule has 6 N–H and O–H groups in total. The number of anilines is 1. The Morgan fingerprint density at radius 2 is 2.00 bits per heavy atom. The highest BCUT2D eigenvalue weighted by atomic mass is 15.1. The van der Waals surface area contributed by atoms with E-state index >= 15 is 0 Å². The second-order valence-corrected chi connectivity index (χ2v) is 5.10. The molecule has 3 rings (SSSR count). The Labute approximate surface area is 127 Å². The van der Waals surface area contributed by atoms with Crippen molar-refractivity contribution in [1.82, 2.24) is 19.9 Å². The second kappa shape index (κ2) is 5.15. The molecular weight excluding hydrogens is 280 g/mol. The summed E-state index contributed by atoms with van der Waals surface area (Å²) in [5, 5.41) is 0. The van der Waals surface area contributed by atoms with Gasteiger partial charge in [-0.05, 0) is 31.6 Å². The van der Waals surface area contributed by atoms with Crippen molar-refractivity contribution in [3.05, 3.63) is 41.7 Å². The largest absolute Gasteiger partial charge is 0.384 e. The predicted octanol–water partition coefficient (Wildman–Crippen LogP) is 0.253. The monoisotopic (exact) mass is 296 g/mol. The molecule has 1 unspecified atom stereocenters. The van der Waals surface area contributed by atoms with Crippen molar-refractivity contribution in [2.75, 3.05) is 5.73 Å². The summed E-state index contributed by atoms with van der Waals surface area (Å²) in [7, 11) is 0. The molecule has 1 atom stereocenters. The van der Waals surface area contributed by atoms with Crippen LogP contribution in [0.2, 0.25) is 0 Å². The first-order chi connectivity index (χ1) is 10.5. The minimum absolute atomic E-state index is 0.157. The first-order valence-electron chi connectivity index (χ1n) is 6.72. The van der Waals surface area contributed by atoms with Gasteiger partial charge in [0, 0.05) is 18.0 Å². The van der Waals surface area contributed by atoms with Crippen LogP contribution in [0.1, 0.15) is 17.9 Å². The summed E-state index contributed by atoms with van der Waals surface area (Å²) in [6.07, 6.45) is 5.53. The van der Waals surface area contributed by atoms with Crippen LogP contribution in [0.5, 0.6) is 0 Å². The fourth-order valence-corrected chi connectivity index (χ4v) is 2.31. The Morgan fingerprint density at radius 1 is 1.18 bits per heavy atom. The van der Waals surface area contributed by atoms with Gasteiger partial charge in [-0.15, -0.1) is 0 Å². The molecule has 3 heterocycles. The summed E-state index contributed by atoms with van der Waals surface area (Å²) in [5.41, 5.74) is 18.3. The van der Waals surface area contributed by atoms with E-state index in [1.54, 1.807) is 31.5 Å². The van der Waals surface area contributed by atoms with Gasteiger partial charge >= 0.3 is 0 Å². The summed E-state index contributed by atoms with van der Waals surface area (Å²) < 4.78 is 0. The minimum Gasteiger partial charge on any atom is -0.384 e. The molecule has 0 aliphatic carbocycles. The van der Waals surface area contributed by atoms with Crippen LogP contribution in [0.25, 0.3) is 11.4 Å². The summed E-state index contributed by atoms with van der Waals surface area (Å²) in [6.45, 7) is 1.75. The van der Waals surface area contributed by atoms with Gasteiger partial charge in [-0.25, -0.2) is 9.98 Å². The van der Waals surface area contributed by atoms with Crippen molar-refractivity contribution in [2.45, 2.75) is 18.9 Å². The van der Waals surface area contributed by atoms with Crippen LogP contribution in [0, 0.1) is 6.92 Å². The van der Waals surface area contributed by atoms with Crippen LogP contribution in [-0.4, -0.2) is 26.2 Å². The van der Waals surface area contributed by atoms with Gasteiger partial charge in [0.25, 0.3) is 0 Å². The molecule has 0 amide bonds. The van der Waals surface area contributed by atoms with Crippen LogP contribution in [-0.2, 0) is 5.54 Å². The topological polar surface area (TPSA) is 142 Å². The highest BCUT2D eigenvalue weighted by Gasteiger charge is 2.31. The first kappa shape index (κ1) is 14.1. The lowest BCUT2D eigenvalue weighted by Crippen LogP contribution is -2.41. The third-order valence-corrected chi connectivity index (χ3v) is 3.35. The third kappa shape index (κ3) is 2.51. The molecule has 0 spiro atoms. The number of nitrogens with two attached hydrogens (primary N) is 3. The number of aromatic nitrogens is 4. The molecule has 0 radical (unpaired) electrons. The first-order valence-corrected chi connectivity index (χ1v) is 6.72. The molecule has 2 aromatic rings. The van der Waals surface area contributed by atoms with Gasteiger partial charge in [0.1, 0.15) is 11.6 Å². The number of pyridine rings is 1. The van der Waals surface area contributed by atoms with Crippen LogP contribution in [0.4, 0.5) is 5.95 Å². The van der Waals surface area contributed by atoms with Gasteiger partial charge in [0.05, 0.1) is 11.2 Å². The maximum Gasteiger partial charge on any atom is 0.223 e. The Kier molecular flexibility index (Phi) is 3.30. The summed E-state index contributed by atoms with van der Waals surface area (Å²) in [5.74, 6) is 1.57. The number of rotatable bonds is 2. The number of aliphatic imine (C=N–C) groups is 1. The zero-order valence-electron chi connectivity index (χ0n) is 12.1. The number of nitrogens with zero attached hydrogens (tertiary/aromatic N) is 5. The lowest BCUT2D eigenvalue weighted by molar-refractivity contribution is 0.594. The lowest BCUT2D eigenvalue weighted by atomic mass is 9.88. The number of nitrogen functional groups attached to an aromatic ring is 1. The normalized spacial score (nSPS) is 20.7. The van der Waals surface area contributed by atoms with E-state index in [0.29, 0.717) is 35.1 Å². The molecule has 1 aliphatic rings. The quantitative estimate of drug-likeness (QED) is 0.721. The van der Waals surface area contributed by atoms with Crippen LogP contribution < -0.4 is 17.2 Å². The zero-order valence-corrected chi connectivity index (χ0v) is 12.1. The summed E-state index contributed by atoms with van der Waals surface area (Å²) in [6, 6.07) is 3.64. The van der Waals surface area contributed by atoms with Crippen molar-refractivity contribution in [2.24, 2.45) is 16.5 Å². The predicted molar refractivity (Wildman–Crippen MR) is 83.5 cm³/mol. The Hall–Kier alpha value is -2.87. The van der Waals surface area contributed by atoms with Gasteiger partial charge in [0.2, 0.25) is 5.95 Å². The standard InChI is InChI=1S/C14H16N8/c1-8-20-12(22-13(16)21-8)9-3-2-6-18-11(9)14(17)5-4-10(15)19-7-14/h2-4,6-7H,5,15,17H2,1H3,(H2,16,20,21,22). The molecule has 0 saturated carbocycles. The Bertz CT molecular complexity index is 762. The van der Waals surface area contributed by atoms with Gasteiger partial charge < -0.3 is 17.2 Å². The summed E-state index contributed by atoms with van der Waals surface area (Å²) in [4.78, 5) is 21.0. The van der Waals surface area contributed by atoms with Gasteiger partial charge in [-0.2, -0.15) is 9.97 Å². The molecule has 0 fully saturated rings. The fraction of sp³-hybridized carbons (Fsp3) is 0.214. The number of hydrogen-bond donors (Lipinski definition) is 3. The fourth-order valence-electron chi connectivity index (χ4n) is 2.31. The van der Waals surface area contributed by atoms with Crippen molar-refractivity contribution in [3.8, 4) is 11.4 Å². The molecule has 1 aliphatic heterocycles. The third-order valence-electron chi connectivity index (χ3n) is 3.35. The molecule has 0 saturated heterocycles. The van der Waals surface area contributed by atoms with Crippen LogP contribution in [0.15, 0.2) is 35.2 Å². The smallest absolute Gasteiger partial charge is 0.223 e. The zero-order chi connectivity index (χ0) is 15.7. The highest BCUT2D eigenvalue weighted by molar-refractivity contribution is 5.78. The molecule has 22 heavy (non-hydrogen) atoms. The van der Waals surface area contributed by atoms with Crippen LogP contribution in [0.3, 0.4) is 0 Å². The van der Waals surface area contributed by atoms with E-state index in [2.05, 4.69) is 24.9 Å². The number of hydrogen-bond acceptors (Lipinski definition) is 8. The molecule has 8 heteroatoms. The molecule has 112 valence electrons. The van der Waals surface area contributed by atoms with E-state index in [9.17, 15) is 0 Å². The highest BCUT2D eigenvalue weighted by Crippen LogP contribution is 2.30. The van der Waals surface area contributed by atoms with E-state index in [4.69, 9.17) is 17.2 Å². The SMILES string of the molecule is Cc1nc(N)nc(-c2cccnc2C2(N)C=NC(N)=CC2)n1. The second-order valence-electron chi connectivity index (χ2n) is 5.10. The molecule has 8 nitrogen and oxygen atoms in total. The summed E-state index contributed by atoms with van der Waals surface area (Å²) >= 11 is 0. The van der Waals surface area contributed by atoms with Crippen molar-refractivity contribution in [1.29, 1.82) is 0 Å². The number of aryl methyl sites for hydroxylation is 1. The lowest BCUT2D eigenvalue weighted by Gasteiger charge is -2.27. The van der Waals surface area contributed by atoms with E-state index in [-0.39, 0.29) is 5.95 Å². The van der Waals surface area contributed by atoms with Gasteiger partial charge in [-0.1, -0.05) is 0 Å². The molecule has 2 aromatic heterocycles. The average molecular weight is 296 g/mol. The van der Waals surface area contributed by atoms with E-state index in [1.165, 1.54) is 0 Å². The van der Waals surface area contributed by atoms with Crippen molar-refractivity contribution < 1.29 is 0 Å². The minimum atomic E-state index is -0.866. The van der Waals surface area contributed by atoms with Crippen molar-refractivity contribution >= 4 is 12.2 Å². The maximum atomic E-state index is 6.44. The van der Waals surface area contributed by atoms with E-state index in [0.717, 1.165) is 0 Å². The van der Waals surface area contributed by atoms with Crippen molar-refractivity contribution in [3.63, 3.8) is 0 Å². The molecular formula is C14H16N8. The van der Waals surface area contributed by atoms with E-state index < -0.39 is 5.54 Å². The van der Waals surface area contributed by atoms with Crippen LogP contribution >= 0.6 is 0 Å². The maximum absolute atomic E-state index is 6.44. The molecule has 0 bridgehead atoms. The average Bonchev–Trinajstić information content (AvgIpc) is 2.49. The Morgan fingerprint density at radius 3 is 2.68 bits per heavy atom. The van der Waals surface area contributed by atoms with Gasteiger partial charge in [-0.3, -0.25) is 4.98 Å². The molecule has 0 aromatic carbocycles. The van der Waals surface area contributed by atoms with Gasteiger partial charge in [0.15, 0.2) is 5.82 Å².